The Labute approximate surface area is 107 Å². The van der Waals surface area contributed by atoms with Gasteiger partial charge in [0.2, 0.25) is 5.91 Å². The van der Waals surface area contributed by atoms with Crippen LogP contribution in [0.2, 0.25) is 0 Å². The Morgan fingerprint density at radius 3 is 3.11 bits per heavy atom. The van der Waals surface area contributed by atoms with Crippen molar-refractivity contribution in [2.45, 2.75) is 19.8 Å². The van der Waals surface area contributed by atoms with E-state index in [2.05, 4.69) is 10.3 Å². The molecule has 1 aromatic heterocycles. The highest BCUT2D eigenvalue weighted by Crippen LogP contribution is 2.06. The largest absolute Gasteiger partial charge is 0.492 e. The summed E-state index contributed by atoms with van der Waals surface area (Å²) in [5, 5.41) is 11.6. The monoisotopic (exact) mass is 252 g/mol. The van der Waals surface area contributed by atoms with E-state index in [1.54, 1.807) is 18.5 Å². The molecule has 5 heteroatoms. The maximum atomic E-state index is 11.4. The third-order valence-electron chi connectivity index (χ3n) is 2.41. The summed E-state index contributed by atoms with van der Waals surface area (Å²) in [4.78, 5) is 15.3. The average molecular weight is 252 g/mol. The van der Waals surface area contributed by atoms with Crippen LogP contribution in [0, 0.1) is 5.92 Å². The Morgan fingerprint density at radius 1 is 1.61 bits per heavy atom. The first-order valence-corrected chi connectivity index (χ1v) is 6.12. The zero-order valence-corrected chi connectivity index (χ0v) is 10.6. The van der Waals surface area contributed by atoms with E-state index < -0.39 is 0 Å². The summed E-state index contributed by atoms with van der Waals surface area (Å²) in [6, 6.07) is 3.63. The van der Waals surface area contributed by atoms with Gasteiger partial charge in [-0.05, 0) is 24.5 Å². The molecule has 0 radical (unpaired) electrons. The number of ether oxygens (including phenoxy) is 1. The number of aliphatic hydroxyl groups excluding tert-OH is 1. The highest BCUT2D eigenvalue weighted by molar-refractivity contribution is 5.75. The maximum absolute atomic E-state index is 11.4. The molecule has 0 aliphatic rings. The van der Waals surface area contributed by atoms with E-state index in [0.717, 1.165) is 0 Å². The highest BCUT2D eigenvalue weighted by Gasteiger charge is 2.04. The number of amides is 1. The van der Waals surface area contributed by atoms with Gasteiger partial charge in [0.05, 0.1) is 12.8 Å². The minimum atomic E-state index is -0.00918. The number of hydrogen-bond acceptors (Lipinski definition) is 4. The molecule has 1 aromatic rings. The van der Waals surface area contributed by atoms with Crippen molar-refractivity contribution in [3.63, 3.8) is 0 Å². The number of aromatic nitrogens is 1. The van der Waals surface area contributed by atoms with Crippen molar-refractivity contribution in [2.24, 2.45) is 5.92 Å². The summed E-state index contributed by atoms with van der Waals surface area (Å²) in [5.74, 6) is 0.803. The van der Waals surface area contributed by atoms with Gasteiger partial charge >= 0.3 is 0 Å². The normalized spacial score (nSPS) is 11.9. The van der Waals surface area contributed by atoms with Crippen LogP contribution < -0.4 is 10.1 Å². The Morgan fingerprint density at radius 2 is 2.44 bits per heavy atom. The van der Waals surface area contributed by atoms with Gasteiger partial charge < -0.3 is 15.2 Å². The van der Waals surface area contributed by atoms with Gasteiger partial charge in [0, 0.05) is 25.8 Å². The van der Waals surface area contributed by atoms with Crippen molar-refractivity contribution >= 4 is 5.91 Å². The summed E-state index contributed by atoms with van der Waals surface area (Å²) in [5.41, 5.74) is 0. The van der Waals surface area contributed by atoms with E-state index in [1.807, 2.05) is 13.0 Å². The smallest absolute Gasteiger partial charge is 0.220 e. The SMILES string of the molecule is CC(CO)CNC(=O)CCCOc1cccnc1. The number of pyridine rings is 1. The van der Waals surface area contributed by atoms with E-state index >= 15 is 0 Å². The topological polar surface area (TPSA) is 71.5 Å². The average Bonchev–Trinajstić information content (AvgIpc) is 2.42. The molecule has 5 nitrogen and oxygen atoms in total. The van der Waals surface area contributed by atoms with E-state index in [0.29, 0.717) is 31.7 Å². The fraction of sp³-hybridized carbons (Fsp3) is 0.538. The fourth-order valence-corrected chi connectivity index (χ4v) is 1.30. The second kappa shape index (κ2) is 8.47. The molecule has 1 rings (SSSR count). The molecule has 0 saturated heterocycles. The van der Waals surface area contributed by atoms with Crippen LogP contribution in [0.4, 0.5) is 0 Å². The summed E-state index contributed by atoms with van der Waals surface area (Å²) >= 11 is 0. The predicted molar refractivity (Wildman–Crippen MR) is 68.2 cm³/mol. The minimum absolute atomic E-state index is 0.00918. The van der Waals surface area contributed by atoms with Crippen molar-refractivity contribution in [3.8, 4) is 5.75 Å². The number of nitrogens with one attached hydrogen (secondary N) is 1. The van der Waals surface area contributed by atoms with Crippen LogP contribution >= 0.6 is 0 Å². The predicted octanol–water partition coefficient (Wildman–Crippen LogP) is 0.985. The van der Waals surface area contributed by atoms with Crippen LogP contribution in [0.3, 0.4) is 0 Å². The molecule has 2 N–H and O–H groups in total. The number of carbonyl (C=O) groups excluding carboxylic acids is 1. The van der Waals surface area contributed by atoms with Gasteiger partial charge in [-0.25, -0.2) is 0 Å². The summed E-state index contributed by atoms with van der Waals surface area (Å²) in [6.07, 6.45) is 4.41. The van der Waals surface area contributed by atoms with E-state index in [1.165, 1.54) is 0 Å². The van der Waals surface area contributed by atoms with Gasteiger partial charge in [-0.3, -0.25) is 9.78 Å². The van der Waals surface area contributed by atoms with Crippen molar-refractivity contribution in [1.82, 2.24) is 10.3 Å². The molecule has 0 aliphatic carbocycles. The summed E-state index contributed by atoms with van der Waals surface area (Å²) < 4.78 is 5.42. The quantitative estimate of drug-likeness (QED) is 0.677. The number of carbonyl (C=O) groups is 1. The molecule has 0 fully saturated rings. The Kier molecular flexibility index (Phi) is 6.79. The standard InChI is InChI=1S/C13H20N2O3/c1-11(10-16)8-15-13(17)5-3-7-18-12-4-2-6-14-9-12/h2,4,6,9,11,16H,3,5,7-8,10H2,1H3,(H,15,17). The second-order valence-electron chi connectivity index (χ2n) is 4.23. The van der Waals surface area contributed by atoms with Gasteiger partial charge in [0.15, 0.2) is 0 Å². The zero-order chi connectivity index (χ0) is 13.2. The minimum Gasteiger partial charge on any atom is -0.492 e. The van der Waals surface area contributed by atoms with Crippen LogP contribution in [0.15, 0.2) is 24.5 Å². The van der Waals surface area contributed by atoms with Crippen LogP contribution in [-0.2, 0) is 4.79 Å². The molecule has 0 aromatic carbocycles. The molecule has 1 unspecified atom stereocenters. The van der Waals surface area contributed by atoms with E-state index in [4.69, 9.17) is 9.84 Å². The lowest BCUT2D eigenvalue weighted by Crippen LogP contribution is -2.29. The van der Waals surface area contributed by atoms with Crippen LogP contribution in [0.25, 0.3) is 0 Å². The first-order chi connectivity index (χ1) is 8.72. The fourth-order valence-electron chi connectivity index (χ4n) is 1.30. The molecule has 100 valence electrons. The van der Waals surface area contributed by atoms with Gasteiger partial charge in [-0.15, -0.1) is 0 Å². The lowest BCUT2D eigenvalue weighted by atomic mass is 10.2. The number of aliphatic hydroxyl groups is 1. The van der Waals surface area contributed by atoms with Crippen molar-refractivity contribution in [1.29, 1.82) is 0 Å². The molecule has 1 atom stereocenters. The number of hydrogen-bond donors (Lipinski definition) is 2. The second-order valence-corrected chi connectivity index (χ2v) is 4.23. The molecule has 0 spiro atoms. The molecule has 1 amide bonds. The number of nitrogens with zero attached hydrogens (tertiary/aromatic N) is 1. The Hall–Kier alpha value is -1.62. The van der Waals surface area contributed by atoms with Crippen molar-refractivity contribution < 1.29 is 14.6 Å². The molecule has 0 saturated carbocycles. The molecule has 1 heterocycles. The van der Waals surface area contributed by atoms with Crippen LogP contribution in [-0.4, -0.2) is 35.8 Å². The molecular weight excluding hydrogens is 232 g/mol. The van der Waals surface area contributed by atoms with E-state index in [-0.39, 0.29) is 18.4 Å². The molecule has 0 aliphatic heterocycles. The summed E-state index contributed by atoms with van der Waals surface area (Å²) in [7, 11) is 0. The molecule has 0 bridgehead atoms. The highest BCUT2D eigenvalue weighted by atomic mass is 16.5. The first kappa shape index (κ1) is 14.4. The lowest BCUT2D eigenvalue weighted by Gasteiger charge is -2.09. The summed E-state index contributed by atoms with van der Waals surface area (Å²) in [6.45, 7) is 2.98. The lowest BCUT2D eigenvalue weighted by molar-refractivity contribution is -0.121. The third-order valence-corrected chi connectivity index (χ3v) is 2.41. The van der Waals surface area contributed by atoms with Gasteiger partial charge in [-0.1, -0.05) is 6.92 Å². The molecular formula is C13H20N2O3. The Bertz CT molecular complexity index is 343. The maximum Gasteiger partial charge on any atom is 0.220 e. The van der Waals surface area contributed by atoms with E-state index in [9.17, 15) is 4.79 Å². The van der Waals surface area contributed by atoms with Gasteiger partial charge in [-0.2, -0.15) is 0 Å². The van der Waals surface area contributed by atoms with Gasteiger partial charge in [0.25, 0.3) is 0 Å². The van der Waals surface area contributed by atoms with Crippen LogP contribution in [0.1, 0.15) is 19.8 Å². The first-order valence-electron chi connectivity index (χ1n) is 6.12. The van der Waals surface area contributed by atoms with Crippen molar-refractivity contribution in [2.75, 3.05) is 19.8 Å². The molecule has 18 heavy (non-hydrogen) atoms. The van der Waals surface area contributed by atoms with Gasteiger partial charge in [0.1, 0.15) is 5.75 Å². The number of rotatable bonds is 8. The van der Waals surface area contributed by atoms with Crippen LogP contribution in [0.5, 0.6) is 5.75 Å². The van der Waals surface area contributed by atoms with Crippen molar-refractivity contribution in [3.05, 3.63) is 24.5 Å². The third kappa shape index (κ3) is 6.20. The Balaban J connectivity index is 2.05. The zero-order valence-electron chi connectivity index (χ0n) is 10.6.